The van der Waals surface area contributed by atoms with Crippen LogP contribution in [-0.4, -0.2) is 43.7 Å². The summed E-state index contributed by atoms with van der Waals surface area (Å²) in [4.78, 5) is 23.5. The summed E-state index contributed by atoms with van der Waals surface area (Å²) in [6, 6.07) is 13.5. The summed E-state index contributed by atoms with van der Waals surface area (Å²) >= 11 is 7.77. The zero-order valence-corrected chi connectivity index (χ0v) is 24.0. The first-order chi connectivity index (χ1) is 20.7. The van der Waals surface area contributed by atoms with Crippen molar-refractivity contribution in [3.05, 3.63) is 111 Å². The van der Waals surface area contributed by atoms with Crippen LogP contribution in [-0.2, 0) is 16.1 Å². The van der Waals surface area contributed by atoms with Crippen molar-refractivity contribution in [3.8, 4) is 0 Å². The van der Waals surface area contributed by atoms with Gasteiger partial charge >= 0.3 is 12.5 Å². The highest BCUT2D eigenvalue weighted by molar-refractivity contribution is 7.11. The number of rotatable bonds is 9. The summed E-state index contributed by atoms with van der Waals surface area (Å²) in [5.74, 6) is -0.742. The highest BCUT2D eigenvalue weighted by Gasteiger charge is 2.48. The topological polar surface area (TPSA) is 72.6 Å². The largest absolute Gasteiger partial charge is 0.461 e. The van der Waals surface area contributed by atoms with Gasteiger partial charge in [0.05, 0.1) is 12.2 Å². The van der Waals surface area contributed by atoms with Gasteiger partial charge in [-0.15, -0.1) is 11.3 Å². The van der Waals surface area contributed by atoms with Crippen LogP contribution in [0.1, 0.15) is 53.7 Å². The molecule has 2 aromatic carbocycles. The van der Waals surface area contributed by atoms with Gasteiger partial charge in [0.1, 0.15) is 24.1 Å². The summed E-state index contributed by atoms with van der Waals surface area (Å²) in [6.45, 7) is -2.98. The normalized spacial score (nSPS) is 20.0. The SMILES string of the molecule is O=C(CC[C@@]1(F)CC2=C(c3ccn(C(F)F)n3)[C@H](c3ccc(F)cc3Cl)N=C(c3nccs3)N2C1)OCc1ccccc1. The molecule has 2 aromatic heterocycles. The van der Waals surface area contributed by atoms with E-state index in [4.69, 9.17) is 21.3 Å². The van der Waals surface area contributed by atoms with Gasteiger partial charge in [-0.3, -0.25) is 9.79 Å². The molecule has 6 rings (SSSR count). The van der Waals surface area contributed by atoms with Crippen molar-refractivity contribution in [2.45, 2.75) is 44.1 Å². The van der Waals surface area contributed by atoms with Crippen molar-refractivity contribution < 1.29 is 27.1 Å². The fourth-order valence-electron chi connectivity index (χ4n) is 5.32. The van der Waals surface area contributed by atoms with Crippen molar-refractivity contribution in [1.29, 1.82) is 0 Å². The number of thiazole rings is 1. The lowest BCUT2D eigenvalue weighted by molar-refractivity contribution is -0.145. The predicted molar refractivity (Wildman–Crippen MR) is 154 cm³/mol. The molecule has 4 heterocycles. The molecule has 13 heteroatoms. The molecule has 2 aliphatic rings. The van der Waals surface area contributed by atoms with E-state index in [2.05, 4.69) is 10.1 Å². The summed E-state index contributed by atoms with van der Waals surface area (Å²) in [7, 11) is 0. The van der Waals surface area contributed by atoms with Gasteiger partial charge in [0.2, 0.25) is 0 Å². The quantitative estimate of drug-likeness (QED) is 0.143. The number of carbonyl (C=O) groups excluding carboxylic acids is 1. The van der Waals surface area contributed by atoms with Crippen molar-refractivity contribution >= 4 is 40.3 Å². The number of hydrogen-bond donors (Lipinski definition) is 0. The van der Waals surface area contributed by atoms with Crippen LogP contribution in [0, 0.1) is 5.82 Å². The summed E-state index contributed by atoms with van der Waals surface area (Å²) in [6.07, 6.45) is 2.24. The molecule has 0 aliphatic carbocycles. The number of allylic oxidation sites excluding steroid dienone is 1. The highest BCUT2D eigenvalue weighted by Crippen LogP contribution is 2.49. The molecule has 0 radical (unpaired) electrons. The maximum Gasteiger partial charge on any atom is 0.333 e. The van der Waals surface area contributed by atoms with Crippen molar-refractivity contribution in [2.75, 3.05) is 6.54 Å². The highest BCUT2D eigenvalue weighted by atomic mass is 35.5. The second-order valence-corrected chi connectivity index (χ2v) is 11.5. The van der Waals surface area contributed by atoms with Gasteiger partial charge in [-0.2, -0.15) is 13.9 Å². The van der Waals surface area contributed by atoms with Crippen LogP contribution in [0.25, 0.3) is 5.57 Å². The molecular weight excluding hydrogens is 606 g/mol. The Morgan fingerprint density at radius 1 is 1.19 bits per heavy atom. The van der Waals surface area contributed by atoms with Gasteiger partial charge in [0.25, 0.3) is 0 Å². The van der Waals surface area contributed by atoms with E-state index in [1.54, 1.807) is 16.5 Å². The third-order valence-electron chi connectivity index (χ3n) is 7.33. The molecule has 7 nitrogen and oxygen atoms in total. The van der Waals surface area contributed by atoms with Gasteiger partial charge in [-0.1, -0.05) is 48.0 Å². The lowest BCUT2D eigenvalue weighted by Crippen LogP contribution is -2.36. The van der Waals surface area contributed by atoms with Gasteiger partial charge < -0.3 is 9.64 Å². The maximum atomic E-state index is 16.7. The number of alkyl halides is 3. The van der Waals surface area contributed by atoms with Crippen molar-refractivity contribution in [1.82, 2.24) is 19.7 Å². The van der Waals surface area contributed by atoms with Crippen LogP contribution >= 0.6 is 22.9 Å². The van der Waals surface area contributed by atoms with E-state index in [1.165, 1.54) is 29.5 Å². The van der Waals surface area contributed by atoms with Gasteiger partial charge in [-0.25, -0.2) is 18.4 Å². The summed E-state index contributed by atoms with van der Waals surface area (Å²) in [5, 5.41) is 6.39. The number of amidine groups is 1. The molecule has 2 atom stereocenters. The number of aromatic nitrogens is 3. The zero-order chi connectivity index (χ0) is 30.1. The number of benzene rings is 2. The van der Waals surface area contributed by atoms with Crippen LogP contribution < -0.4 is 0 Å². The predicted octanol–water partition coefficient (Wildman–Crippen LogP) is 7.38. The van der Waals surface area contributed by atoms with E-state index >= 15 is 4.39 Å². The molecule has 43 heavy (non-hydrogen) atoms. The first kappa shape index (κ1) is 29.1. The first-order valence-electron chi connectivity index (χ1n) is 13.4. The molecule has 0 saturated carbocycles. The first-order valence-corrected chi connectivity index (χ1v) is 14.6. The maximum absolute atomic E-state index is 16.7. The minimum Gasteiger partial charge on any atom is -0.461 e. The summed E-state index contributed by atoms with van der Waals surface area (Å²) in [5.41, 5.74) is 0.282. The van der Waals surface area contributed by atoms with Crippen LogP contribution in [0.15, 0.2) is 83.1 Å². The number of halogens is 5. The minimum absolute atomic E-state index is 0.0674. The number of carbonyl (C=O) groups is 1. The van der Waals surface area contributed by atoms with Crippen LogP contribution in [0.3, 0.4) is 0 Å². The molecule has 0 unspecified atom stereocenters. The van der Waals surface area contributed by atoms with Crippen LogP contribution in [0.4, 0.5) is 17.6 Å². The van der Waals surface area contributed by atoms with E-state index in [-0.39, 0.29) is 43.1 Å². The van der Waals surface area contributed by atoms with E-state index in [1.807, 2.05) is 30.3 Å². The molecule has 1 saturated heterocycles. The van der Waals surface area contributed by atoms with Crippen molar-refractivity contribution in [2.24, 2.45) is 4.99 Å². The van der Waals surface area contributed by atoms with E-state index in [0.29, 0.717) is 32.4 Å². The van der Waals surface area contributed by atoms with E-state index in [9.17, 15) is 18.0 Å². The molecule has 1 fully saturated rings. The Morgan fingerprint density at radius 3 is 2.70 bits per heavy atom. The number of fused-ring (bicyclic) bond motifs is 1. The Balaban J connectivity index is 1.37. The summed E-state index contributed by atoms with van der Waals surface area (Å²) < 4.78 is 63.6. The third-order valence-corrected chi connectivity index (χ3v) is 8.42. The molecule has 0 spiro atoms. The molecule has 0 N–H and O–H groups in total. The number of ether oxygens (including phenoxy) is 1. The van der Waals surface area contributed by atoms with Gasteiger partial charge in [0, 0.05) is 52.5 Å². The molecule has 2 aliphatic heterocycles. The lowest BCUT2D eigenvalue weighted by atomic mass is 9.90. The van der Waals surface area contributed by atoms with Crippen molar-refractivity contribution in [3.63, 3.8) is 0 Å². The average molecular weight is 630 g/mol. The Bertz CT molecular complexity index is 1700. The number of esters is 1. The van der Waals surface area contributed by atoms with Gasteiger partial charge in [-0.05, 0) is 30.2 Å². The monoisotopic (exact) mass is 629 g/mol. The average Bonchev–Trinajstić information content (AvgIpc) is 3.76. The molecular formula is C30H24ClF4N5O2S. The fraction of sp³-hybridized carbons (Fsp3) is 0.267. The molecule has 0 bridgehead atoms. The van der Waals surface area contributed by atoms with Gasteiger partial charge in [0.15, 0.2) is 10.8 Å². The Labute approximate surface area is 253 Å². The second kappa shape index (κ2) is 11.9. The third kappa shape index (κ3) is 6.07. The number of aliphatic imine (C=N–C) groups is 1. The zero-order valence-electron chi connectivity index (χ0n) is 22.5. The van der Waals surface area contributed by atoms with Crippen LogP contribution in [0.5, 0.6) is 0 Å². The van der Waals surface area contributed by atoms with E-state index < -0.39 is 30.0 Å². The molecule has 4 aromatic rings. The van der Waals surface area contributed by atoms with Crippen LogP contribution in [0.2, 0.25) is 5.02 Å². The molecule has 222 valence electrons. The molecule has 0 amide bonds. The smallest absolute Gasteiger partial charge is 0.333 e. The standard InChI is InChI=1S/C30H24ClF4N5O2S/c31-21-14-19(32)6-7-20(21)26-25(22-9-12-40(38-22)29(33)34)23-15-30(35,17-39(23)27(37-26)28-36-11-13-43-28)10-8-24(41)42-16-18-4-2-1-3-5-18/h1-7,9,11-14,26,29H,8,10,15-17H2/t26-,30+/m0/s1. The number of nitrogens with zero attached hydrogens (tertiary/aromatic N) is 5. The Kier molecular flexibility index (Phi) is 8.06. The Morgan fingerprint density at radius 2 is 2.00 bits per heavy atom. The lowest BCUT2D eigenvalue weighted by Gasteiger charge is -2.32. The Hall–Kier alpha value is -4.03. The second-order valence-electron chi connectivity index (χ2n) is 10.2. The van der Waals surface area contributed by atoms with E-state index in [0.717, 1.165) is 17.8 Å². The number of hydrogen-bond acceptors (Lipinski definition) is 7. The minimum atomic E-state index is -2.90. The fourth-order valence-corrected chi connectivity index (χ4v) is 6.23.